The van der Waals surface area contributed by atoms with Crippen molar-refractivity contribution >= 4 is 38.7 Å². The van der Waals surface area contributed by atoms with Gasteiger partial charge in [0.1, 0.15) is 0 Å². The summed E-state index contributed by atoms with van der Waals surface area (Å²) in [6.45, 7) is 1.94. The number of aryl methyl sites for hydroxylation is 1. The first kappa shape index (κ1) is 11.4. The second-order valence-corrected chi connectivity index (χ2v) is 5.49. The van der Waals surface area contributed by atoms with E-state index in [4.69, 9.17) is 5.73 Å². The summed E-state index contributed by atoms with van der Waals surface area (Å²) >= 11 is 4.91. The number of ketones is 1. The van der Waals surface area contributed by atoms with E-state index in [1.165, 1.54) is 0 Å². The number of hydrogen-bond acceptors (Lipinski definition) is 3. The van der Waals surface area contributed by atoms with Crippen LogP contribution in [0.25, 0.3) is 0 Å². The molecule has 82 valence electrons. The van der Waals surface area contributed by atoms with Gasteiger partial charge in [-0.25, -0.2) is 0 Å². The molecule has 2 nitrogen and oxygen atoms in total. The van der Waals surface area contributed by atoms with Crippen LogP contribution < -0.4 is 5.73 Å². The van der Waals surface area contributed by atoms with E-state index in [0.29, 0.717) is 11.3 Å². The summed E-state index contributed by atoms with van der Waals surface area (Å²) < 4.78 is 0.859. The molecule has 4 heteroatoms. The van der Waals surface area contributed by atoms with E-state index in [-0.39, 0.29) is 5.78 Å². The molecule has 0 bridgehead atoms. The average Bonchev–Trinajstić information content (AvgIpc) is 2.67. The summed E-state index contributed by atoms with van der Waals surface area (Å²) in [5.74, 6) is -0.0162. The number of thiophene rings is 1. The first-order valence-electron chi connectivity index (χ1n) is 4.73. The van der Waals surface area contributed by atoms with Crippen molar-refractivity contribution in [1.29, 1.82) is 0 Å². The maximum Gasteiger partial charge on any atom is 0.196 e. The van der Waals surface area contributed by atoms with Crippen molar-refractivity contribution < 1.29 is 4.79 Å². The van der Waals surface area contributed by atoms with Crippen molar-refractivity contribution in [2.24, 2.45) is 0 Å². The predicted octanol–water partition coefficient (Wildman–Crippen LogP) is 3.63. The molecule has 0 atom stereocenters. The van der Waals surface area contributed by atoms with Crippen molar-refractivity contribution in [3.63, 3.8) is 0 Å². The van der Waals surface area contributed by atoms with E-state index in [1.54, 1.807) is 23.5 Å². The largest absolute Gasteiger partial charge is 0.398 e. The third-order valence-electron chi connectivity index (χ3n) is 2.36. The Morgan fingerprint density at radius 3 is 2.69 bits per heavy atom. The van der Waals surface area contributed by atoms with Gasteiger partial charge in [-0.2, -0.15) is 0 Å². The van der Waals surface area contributed by atoms with Crippen LogP contribution in [0.3, 0.4) is 0 Å². The molecule has 2 aromatic rings. The zero-order valence-electron chi connectivity index (χ0n) is 8.66. The topological polar surface area (TPSA) is 43.1 Å². The van der Waals surface area contributed by atoms with Crippen LogP contribution in [-0.4, -0.2) is 5.78 Å². The average molecular weight is 296 g/mol. The number of hydrogen-bond donors (Lipinski definition) is 1. The first-order chi connectivity index (χ1) is 7.59. The van der Waals surface area contributed by atoms with E-state index in [2.05, 4.69) is 15.9 Å². The van der Waals surface area contributed by atoms with Gasteiger partial charge in [0.15, 0.2) is 5.78 Å². The minimum Gasteiger partial charge on any atom is -0.398 e. The van der Waals surface area contributed by atoms with E-state index < -0.39 is 0 Å². The van der Waals surface area contributed by atoms with Crippen LogP contribution in [-0.2, 0) is 0 Å². The van der Waals surface area contributed by atoms with Crippen molar-refractivity contribution in [3.05, 3.63) is 50.1 Å². The second kappa shape index (κ2) is 4.39. The Morgan fingerprint density at radius 1 is 1.31 bits per heavy atom. The molecule has 0 aliphatic rings. The van der Waals surface area contributed by atoms with Crippen molar-refractivity contribution in [1.82, 2.24) is 0 Å². The van der Waals surface area contributed by atoms with Crippen molar-refractivity contribution in [2.75, 3.05) is 5.73 Å². The zero-order chi connectivity index (χ0) is 11.7. The van der Waals surface area contributed by atoms with Crippen LogP contribution in [0, 0.1) is 6.92 Å². The van der Waals surface area contributed by atoms with E-state index in [9.17, 15) is 4.79 Å². The number of rotatable bonds is 2. The fourth-order valence-corrected chi connectivity index (χ4v) is 2.55. The highest BCUT2D eigenvalue weighted by molar-refractivity contribution is 9.10. The van der Waals surface area contributed by atoms with E-state index in [0.717, 1.165) is 14.9 Å². The lowest BCUT2D eigenvalue weighted by Gasteiger charge is -2.05. The summed E-state index contributed by atoms with van der Waals surface area (Å²) in [6.07, 6.45) is 0. The Morgan fingerprint density at radius 2 is 2.06 bits per heavy atom. The molecule has 0 aliphatic heterocycles. The van der Waals surface area contributed by atoms with E-state index in [1.807, 2.05) is 24.4 Å². The van der Waals surface area contributed by atoms with Crippen molar-refractivity contribution in [3.8, 4) is 0 Å². The van der Waals surface area contributed by atoms with Crippen LogP contribution in [0.2, 0.25) is 0 Å². The molecule has 0 saturated carbocycles. The number of anilines is 1. The lowest BCUT2D eigenvalue weighted by molar-refractivity contribution is 0.103. The molecular weight excluding hydrogens is 286 g/mol. The zero-order valence-corrected chi connectivity index (χ0v) is 11.1. The van der Waals surface area contributed by atoms with Gasteiger partial charge in [0.2, 0.25) is 0 Å². The summed E-state index contributed by atoms with van der Waals surface area (Å²) in [5, 5.41) is 1.91. The molecule has 0 spiro atoms. The number of carbonyl (C=O) groups is 1. The Hall–Kier alpha value is -1.13. The molecule has 16 heavy (non-hydrogen) atoms. The van der Waals surface area contributed by atoms with Gasteiger partial charge in [-0.3, -0.25) is 4.79 Å². The fourth-order valence-electron chi connectivity index (χ4n) is 1.49. The molecule has 0 amide bonds. The lowest BCUT2D eigenvalue weighted by Crippen LogP contribution is -2.05. The minimum absolute atomic E-state index is 0.0162. The maximum absolute atomic E-state index is 12.2. The highest BCUT2D eigenvalue weighted by Gasteiger charge is 2.15. The molecule has 0 fully saturated rings. The molecule has 0 radical (unpaired) electrons. The quantitative estimate of drug-likeness (QED) is 0.679. The monoisotopic (exact) mass is 295 g/mol. The standard InChI is InChI=1S/C12H10BrNOS/c1-7-9(4-5-16-7)12(15)10-6-8(13)2-3-11(10)14/h2-6H,14H2,1H3. The van der Waals surface area contributed by atoms with Gasteiger partial charge in [-0.1, -0.05) is 15.9 Å². The highest BCUT2D eigenvalue weighted by Crippen LogP contribution is 2.24. The molecule has 2 N–H and O–H groups in total. The number of nitrogens with two attached hydrogens (primary N) is 1. The lowest BCUT2D eigenvalue weighted by atomic mass is 10.0. The first-order valence-corrected chi connectivity index (χ1v) is 6.40. The van der Waals surface area contributed by atoms with Crippen LogP contribution in [0.15, 0.2) is 34.1 Å². The second-order valence-electron chi connectivity index (χ2n) is 3.45. The molecular formula is C12H10BrNOS. The van der Waals surface area contributed by atoms with Crippen LogP contribution in [0.5, 0.6) is 0 Å². The highest BCUT2D eigenvalue weighted by atomic mass is 79.9. The maximum atomic E-state index is 12.2. The smallest absolute Gasteiger partial charge is 0.196 e. The number of carbonyl (C=O) groups excluding carboxylic acids is 1. The molecule has 0 aliphatic carbocycles. The molecule has 2 rings (SSSR count). The molecule has 1 aromatic heterocycles. The summed E-state index contributed by atoms with van der Waals surface area (Å²) in [6, 6.07) is 7.16. The Labute approximate surface area is 106 Å². The molecule has 1 heterocycles. The number of halogens is 1. The Balaban J connectivity index is 2.49. The van der Waals surface area contributed by atoms with Crippen LogP contribution in [0.4, 0.5) is 5.69 Å². The van der Waals surface area contributed by atoms with Gasteiger partial charge in [-0.15, -0.1) is 11.3 Å². The predicted molar refractivity (Wildman–Crippen MR) is 71.0 cm³/mol. The van der Waals surface area contributed by atoms with Gasteiger partial charge in [0.25, 0.3) is 0 Å². The van der Waals surface area contributed by atoms with Gasteiger partial charge in [-0.05, 0) is 36.6 Å². The molecule has 1 aromatic carbocycles. The summed E-state index contributed by atoms with van der Waals surface area (Å²) in [5.41, 5.74) is 7.60. The molecule has 0 unspecified atom stereocenters. The molecule has 0 saturated heterocycles. The van der Waals surface area contributed by atoms with Gasteiger partial charge >= 0.3 is 0 Å². The van der Waals surface area contributed by atoms with Gasteiger partial charge < -0.3 is 5.73 Å². The van der Waals surface area contributed by atoms with Crippen molar-refractivity contribution in [2.45, 2.75) is 6.92 Å². The third-order valence-corrected chi connectivity index (χ3v) is 3.70. The van der Waals surface area contributed by atoms with Crippen LogP contribution >= 0.6 is 27.3 Å². The van der Waals surface area contributed by atoms with Gasteiger partial charge in [0, 0.05) is 26.2 Å². The minimum atomic E-state index is -0.0162. The van der Waals surface area contributed by atoms with Crippen LogP contribution in [0.1, 0.15) is 20.8 Å². The summed E-state index contributed by atoms with van der Waals surface area (Å²) in [4.78, 5) is 13.2. The number of benzene rings is 1. The Bertz CT molecular complexity index is 548. The van der Waals surface area contributed by atoms with E-state index >= 15 is 0 Å². The Kier molecular flexibility index (Phi) is 3.12. The van der Waals surface area contributed by atoms with Gasteiger partial charge in [0.05, 0.1) is 0 Å². The summed E-state index contributed by atoms with van der Waals surface area (Å²) in [7, 11) is 0. The third kappa shape index (κ3) is 2.03. The fraction of sp³-hybridized carbons (Fsp3) is 0.0833. The number of nitrogen functional groups attached to an aromatic ring is 1. The normalized spacial score (nSPS) is 10.4. The SMILES string of the molecule is Cc1sccc1C(=O)c1cc(Br)ccc1N.